The van der Waals surface area contributed by atoms with Gasteiger partial charge in [0.15, 0.2) is 5.60 Å². The fraction of sp³-hybridized carbons (Fsp3) is 0.667. The standard InChI is InChI=1S/C9H10O3/c10-8-4-7-9(12-8)3-1-2-6(5-9)11-7/h4,6H,1-3,5H2. The summed E-state index contributed by atoms with van der Waals surface area (Å²) >= 11 is 0. The van der Waals surface area contributed by atoms with Crippen molar-refractivity contribution < 1.29 is 14.3 Å². The Morgan fingerprint density at radius 3 is 3.42 bits per heavy atom. The molecule has 0 aromatic rings. The lowest BCUT2D eigenvalue weighted by Gasteiger charge is -2.26. The first-order valence-electron chi connectivity index (χ1n) is 4.40. The Labute approximate surface area is 70.3 Å². The molecule has 0 N–H and O–H groups in total. The third-order valence-corrected chi connectivity index (χ3v) is 2.95. The van der Waals surface area contributed by atoms with Crippen molar-refractivity contribution in [2.24, 2.45) is 0 Å². The van der Waals surface area contributed by atoms with E-state index in [1.165, 1.54) is 6.08 Å². The Bertz CT molecular complexity index is 281. The van der Waals surface area contributed by atoms with E-state index in [2.05, 4.69) is 0 Å². The maximum atomic E-state index is 11.0. The van der Waals surface area contributed by atoms with Crippen LogP contribution in [-0.2, 0) is 14.3 Å². The molecule has 2 heterocycles. The van der Waals surface area contributed by atoms with Gasteiger partial charge in [-0.2, -0.15) is 0 Å². The van der Waals surface area contributed by atoms with Crippen molar-refractivity contribution in [3.8, 4) is 0 Å². The molecule has 3 nitrogen and oxygen atoms in total. The van der Waals surface area contributed by atoms with Crippen LogP contribution < -0.4 is 0 Å². The van der Waals surface area contributed by atoms with Crippen molar-refractivity contribution in [1.82, 2.24) is 0 Å². The molecule has 2 aliphatic heterocycles. The number of ether oxygens (including phenoxy) is 2. The maximum Gasteiger partial charge on any atom is 0.335 e. The average Bonchev–Trinajstić information content (AvgIpc) is 2.37. The lowest BCUT2D eigenvalue weighted by Crippen LogP contribution is -2.32. The number of hydrogen-bond acceptors (Lipinski definition) is 3. The number of fused-ring (bicyclic) bond motifs is 1. The number of esters is 1. The molecule has 2 atom stereocenters. The van der Waals surface area contributed by atoms with Crippen LogP contribution in [0.3, 0.4) is 0 Å². The molecule has 1 spiro atoms. The second-order valence-corrected chi connectivity index (χ2v) is 3.76. The monoisotopic (exact) mass is 166 g/mol. The third-order valence-electron chi connectivity index (χ3n) is 2.95. The SMILES string of the molecule is O=C1C=C2OC3CCCC2(C3)O1. The van der Waals surface area contributed by atoms with E-state index in [9.17, 15) is 4.79 Å². The predicted octanol–water partition coefficient (Wildman–Crippen LogP) is 1.14. The molecule has 3 heteroatoms. The summed E-state index contributed by atoms with van der Waals surface area (Å²) in [6, 6.07) is 0. The Hall–Kier alpha value is -0.990. The smallest absolute Gasteiger partial charge is 0.335 e. The van der Waals surface area contributed by atoms with Crippen molar-refractivity contribution >= 4 is 5.97 Å². The molecule has 2 bridgehead atoms. The first-order valence-corrected chi connectivity index (χ1v) is 4.40. The van der Waals surface area contributed by atoms with Gasteiger partial charge in [0.05, 0.1) is 6.08 Å². The maximum absolute atomic E-state index is 11.0. The van der Waals surface area contributed by atoms with E-state index in [-0.39, 0.29) is 11.6 Å². The van der Waals surface area contributed by atoms with Gasteiger partial charge in [-0.05, 0) is 19.3 Å². The first-order chi connectivity index (χ1) is 5.78. The number of rotatable bonds is 0. The molecule has 0 amide bonds. The molecule has 1 aliphatic carbocycles. The Kier molecular flexibility index (Phi) is 1.000. The van der Waals surface area contributed by atoms with Gasteiger partial charge in [-0.3, -0.25) is 0 Å². The minimum atomic E-state index is -0.333. The van der Waals surface area contributed by atoms with Crippen LogP contribution in [-0.4, -0.2) is 17.7 Å². The zero-order valence-electron chi connectivity index (χ0n) is 6.71. The van der Waals surface area contributed by atoms with Gasteiger partial charge in [0.25, 0.3) is 0 Å². The molecule has 2 unspecified atom stereocenters. The van der Waals surface area contributed by atoms with Gasteiger partial charge < -0.3 is 9.47 Å². The molecular weight excluding hydrogens is 156 g/mol. The summed E-state index contributed by atoms with van der Waals surface area (Å²) < 4.78 is 10.9. The minimum Gasteiger partial charge on any atom is -0.490 e. The van der Waals surface area contributed by atoms with Crippen molar-refractivity contribution in [3.63, 3.8) is 0 Å². The summed E-state index contributed by atoms with van der Waals surface area (Å²) in [6.45, 7) is 0. The fourth-order valence-corrected chi connectivity index (χ4v) is 2.44. The molecule has 0 aromatic heterocycles. The van der Waals surface area contributed by atoms with E-state index < -0.39 is 0 Å². The quantitative estimate of drug-likeness (QED) is 0.506. The summed E-state index contributed by atoms with van der Waals surface area (Å²) in [5.74, 6) is 0.556. The highest BCUT2D eigenvalue weighted by molar-refractivity contribution is 5.86. The molecule has 2 fully saturated rings. The van der Waals surface area contributed by atoms with E-state index in [0.29, 0.717) is 6.10 Å². The van der Waals surface area contributed by atoms with Crippen LogP contribution >= 0.6 is 0 Å². The number of carbonyl (C=O) groups excluding carboxylic acids is 1. The fourth-order valence-electron chi connectivity index (χ4n) is 2.44. The topological polar surface area (TPSA) is 35.5 Å². The Morgan fingerprint density at radius 1 is 1.58 bits per heavy atom. The van der Waals surface area contributed by atoms with Gasteiger partial charge in [-0.1, -0.05) is 0 Å². The van der Waals surface area contributed by atoms with Crippen molar-refractivity contribution in [1.29, 1.82) is 0 Å². The van der Waals surface area contributed by atoms with E-state index >= 15 is 0 Å². The van der Waals surface area contributed by atoms with Gasteiger partial charge in [0.1, 0.15) is 11.9 Å². The molecular formula is C9H10O3. The van der Waals surface area contributed by atoms with Crippen LogP contribution in [0, 0.1) is 0 Å². The number of carbonyl (C=O) groups is 1. The Morgan fingerprint density at radius 2 is 2.50 bits per heavy atom. The molecule has 64 valence electrons. The lowest BCUT2D eigenvalue weighted by molar-refractivity contribution is -0.147. The van der Waals surface area contributed by atoms with Crippen molar-refractivity contribution in [3.05, 3.63) is 11.8 Å². The largest absolute Gasteiger partial charge is 0.490 e. The van der Waals surface area contributed by atoms with Gasteiger partial charge in [-0.25, -0.2) is 4.79 Å². The molecule has 1 saturated heterocycles. The average molecular weight is 166 g/mol. The predicted molar refractivity (Wildman–Crippen MR) is 40.2 cm³/mol. The molecule has 3 aliphatic rings. The highest BCUT2D eigenvalue weighted by atomic mass is 16.6. The summed E-state index contributed by atoms with van der Waals surface area (Å²) in [7, 11) is 0. The zero-order chi connectivity index (χ0) is 8.18. The highest BCUT2D eigenvalue weighted by Crippen LogP contribution is 2.48. The van der Waals surface area contributed by atoms with Gasteiger partial charge in [0, 0.05) is 6.42 Å². The van der Waals surface area contributed by atoms with Crippen molar-refractivity contribution in [2.45, 2.75) is 37.4 Å². The molecule has 12 heavy (non-hydrogen) atoms. The van der Waals surface area contributed by atoms with Gasteiger partial charge >= 0.3 is 5.97 Å². The second-order valence-electron chi connectivity index (χ2n) is 3.76. The second kappa shape index (κ2) is 1.84. The molecule has 0 radical (unpaired) electrons. The third kappa shape index (κ3) is 0.642. The highest BCUT2D eigenvalue weighted by Gasteiger charge is 2.54. The van der Waals surface area contributed by atoms with Crippen LogP contribution in [0.4, 0.5) is 0 Å². The molecule has 3 rings (SSSR count). The minimum absolute atomic E-state index is 0.231. The Balaban J connectivity index is 2.05. The van der Waals surface area contributed by atoms with E-state index in [4.69, 9.17) is 9.47 Å². The van der Waals surface area contributed by atoms with Gasteiger partial charge in [-0.15, -0.1) is 0 Å². The van der Waals surface area contributed by atoms with Crippen LogP contribution in [0.1, 0.15) is 25.7 Å². The van der Waals surface area contributed by atoms with Crippen LogP contribution in [0.15, 0.2) is 11.8 Å². The summed E-state index contributed by atoms with van der Waals surface area (Å²) in [5.41, 5.74) is -0.333. The van der Waals surface area contributed by atoms with Crippen LogP contribution in [0.25, 0.3) is 0 Å². The van der Waals surface area contributed by atoms with Crippen molar-refractivity contribution in [2.75, 3.05) is 0 Å². The normalized spacial score (nSPS) is 43.2. The summed E-state index contributed by atoms with van der Waals surface area (Å²) in [4.78, 5) is 11.0. The van der Waals surface area contributed by atoms with E-state index in [1.807, 2.05) is 0 Å². The van der Waals surface area contributed by atoms with Crippen LogP contribution in [0.5, 0.6) is 0 Å². The first kappa shape index (κ1) is 6.52. The summed E-state index contributed by atoms with van der Waals surface area (Å²) in [5, 5.41) is 0. The molecule has 1 saturated carbocycles. The summed E-state index contributed by atoms with van der Waals surface area (Å²) in [6.07, 6.45) is 5.85. The lowest BCUT2D eigenvalue weighted by atomic mass is 9.85. The van der Waals surface area contributed by atoms with E-state index in [0.717, 1.165) is 31.4 Å². The van der Waals surface area contributed by atoms with Gasteiger partial charge in [0.2, 0.25) is 0 Å². The number of hydrogen-bond donors (Lipinski definition) is 0. The van der Waals surface area contributed by atoms with E-state index in [1.54, 1.807) is 0 Å². The van der Waals surface area contributed by atoms with Crippen LogP contribution in [0.2, 0.25) is 0 Å². The zero-order valence-corrected chi connectivity index (χ0v) is 6.71. The molecule has 0 aromatic carbocycles.